The minimum atomic E-state index is 0.0335. The molecule has 0 aliphatic carbocycles. The van der Waals surface area contributed by atoms with E-state index in [1.807, 2.05) is 45.3 Å². The summed E-state index contributed by atoms with van der Waals surface area (Å²) < 4.78 is 5.67. The molecule has 0 radical (unpaired) electrons. The van der Waals surface area contributed by atoms with Gasteiger partial charge in [-0.2, -0.15) is 0 Å². The summed E-state index contributed by atoms with van der Waals surface area (Å²) in [6, 6.07) is 7.86. The number of benzene rings is 1. The fraction of sp³-hybridized carbons (Fsp3) is 0.562. The highest BCUT2D eigenvalue weighted by atomic mass is 16.5. The second-order valence-electron chi connectivity index (χ2n) is 5.59. The summed E-state index contributed by atoms with van der Waals surface area (Å²) in [6.45, 7) is 3.94. The molecule has 1 atom stereocenters. The molecule has 118 valence electrons. The first-order valence-corrected chi connectivity index (χ1v) is 7.36. The number of carbonyl (C=O) groups excluding carboxylic acids is 1. The van der Waals surface area contributed by atoms with Crippen molar-refractivity contribution in [3.05, 3.63) is 29.8 Å². The van der Waals surface area contributed by atoms with Crippen LogP contribution in [0.4, 0.5) is 0 Å². The minimum Gasteiger partial charge on any atom is -0.492 e. The molecule has 0 heterocycles. The molecule has 21 heavy (non-hydrogen) atoms. The van der Waals surface area contributed by atoms with Gasteiger partial charge in [0.25, 0.3) is 0 Å². The molecule has 0 fully saturated rings. The SMILES string of the molecule is CC(N)CCC(=O)NCc1cccc(OCCN(C)C)c1. The molecule has 1 amide bonds. The predicted octanol–water partition coefficient (Wildman–Crippen LogP) is 1.37. The highest BCUT2D eigenvalue weighted by Crippen LogP contribution is 2.13. The number of nitrogens with two attached hydrogens (primary N) is 1. The fourth-order valence-corrected chi connectivity index (χ4v) is 1.74. The van der Waals surface area contributed by atoms with E-state index in [2.05, 4.69) is 10.2 Å². The predicted molar refractivity (Wildman–Crippen MR) is 85.2 cm³/mol. The fourth-order valence-electron chi connectivity index (χ4n) is 1.74. The number of nitrogens with one attached hydrogen (secondary N) is 1. The van der Waals surface area contributed by atoms with Crippen molar-refractivity contribution in [3.63, 3.8) is 0 Å². The molecular formula is C16H27N3O2. The number of hydrogen-bond acceptors (Lipinski definition) is 4. The molecule has 1 unspecified atom stereocenters. The van der Waals surface area contributed by atoms with Gasteiger partial charge in [-0.15, -0.1) is 0 Å². The van der Waals surface area contributed by atoms with Gasteiger partial charge < -0.3 is 20.7 Å². The first-order chi connectivity index (χ1) is 9.97. The van der Waals surface area contributed by atoms with Crippen LogP contribution in [0, 0.1) is 0 Å². The lowest BCUT2D eigenvalue weighted by Gasteiger charge is -2.12. The number of nitrogens with zero attached hydrogens (tertiary/aromatic N) is 1. The summed E-state index contributed by atoms with van der Waals surface area (Å²) >= 11 is 0. The van der Waals surface area contributed by atoms with Crippen LogP contribution in [0.25, 0.3) is 0 Å². The number of hydrogen-bond donors (Lipinski definition) is 2. The molecule has 0 saturated heterocycles. The number of amides is 1. The van der Waals surface area contributed by atoms with Gasteiger partial charge >= 0.3 is 0 Å². The van der Waals surface area contributed by atoms with Gasteiger partial charge in [-0.3, -0.25) is 4.79 Å². The van der Waals surface area contributed by atoms with Crippen LogP contribution in [0.3, 0.4) is 0 Å². The molecule has 1 rings (SSSR count). The van der Waals surface area contributed by atoms with Gasteiger partial charge in [-0.1, -0.05) is 12.1 Å². The molecule has 0 spiro atoms. The topological polar surface area (TPSA) is 67.6 Å². The summed E-state index contributed by atoms with van der Waals surface area (Å²) in [5, 5.41) is 2.90. The lowest BCUT2D eigenvalue weighted by Crippen LogP contribution is -2.25. The van der Waals surface area contributed by atoms with Gasteiger partial charge in [0.2, 0.25) is 5.91 Å². The summed E-state index contributed by atoms with van der Waals surface area (Å²) in [5.74, 6) is 0.866. The average Bonchev–Trinajstić information content (AvgIpc) is 2.43. The van der Waals surface area contributed by atoms with E-state index in [9.17, 15) is 4.79 Å². The number of rotatable bonds is 9. The molecular weight excluding hydrogens is 266 g/mol. The Labute approximate surface area is 127 Å². The van der Waals surface area contributed by atoms with E-state index in [0.29, 0.717) is 26.0 Å². The largest absolute Gasteiger partial charge is 0.492 e. The Kier molecular flexibility index (Phi) is 7.79. The molecule has 3 N–H and O–H groups in total. The molecule has 0 saturated carbocycles. The maximum atomic E-state index is 11.6. The van der Waals surface area contributed by atoms with Crippen molar-refractivity contribution in [2.24, 2.45) is 5.73 Å². The first-order valence-electron chi connectivity index (χ1n) is 7.36. The van der Waals surface area contributed by atoms with E-state index in [4.69, 9.17) is 10.5 Å². The van der Waals surface area contributed by atoms with Crippen molar-refractivity contribution >= 4 is 5.91 Å². The molecule has 0 aliphatic heterocycles. The molecule has 5 heteroatoms. The van der Waals surface area contributed by atoms with Crippen LogP contribution >= 0.6 is 0 Å². The van der Waals surface area contributed by atoms with Crippen LogP contribution < -0.4 is 15.8 Å². The second-order valence-corrected chi connectivity index (χ2v) is 5.59. The van der Waals surface area contributed by atoms with Gasteiger partial charge in [0.1, 0.15) is 12.4 Å². The summed E-state index contributed by atoms with van der Waals surface area (Å²) in [5.41, 5.74) is 6.67. The Balaban J connectivity index is 2.36. The van der Waals surface area contributed by atoms with Crippen LogP contribution in [0.5, 0.6) is 5.75 Å². The third kappa shape index (κ3) is 8.32. The van der Waals surface area contributed by atoms with Crippen molar-refractivity contribution in [1.82, 2.24) is 10.2 Å². The Bertz CT molecular complexity index is 433. The van der Waals surface area contributed by atoms with E-state index in [0.717, 1.165) is 17.9 Å². The molecule has 5 nitrogen and oxygen atoms in total. The quantitative estimate of drug-likeness (QED) is 0.721. The van der Waals surface area contributed by atoms with Crippen LogP contribution in [0.1, 0.15) is 25.3 Å². The van der Waals surface area contributed by atoms with Crippen molar-refractivity contribution in [1.29, 1.82) is 0 Å². The Hall–Kier alpha value is -1.59. The third-order valence-corrected chi connectivity index (χ3v) is 3.02. The van der Waals surface area contributed by atoms with E-state index in [-0.39, 0.29) is 11.9 Å². The molecule has 0 bridgehead atoms. The normalized spacial score (nSPS) is 12.2. The Morgan fingerprint density at radius 3 is 2.86 bits per heavy atom. The van der Waals surface area contributed by atoms with Crippen molar-refractivity contribution in [2.45, 2.75) is 32.4 Å². The summed E-state index contributed by atoms with van der Waals surface area (Å²) in [4.78, 5) is 13.7. The minimum absolute atomic E-state index is 0.0335. The van der Waals surface area contributed by atoms with Crippen LogP contribution in [-0.4, -0.2) is 44.1 Å². The maximum Gasteiger partial charge on any atom is 0.220 e. The maximum absolute atomic E-state index is 11.6. The van der Waals surface area contributed by atoms with Gasteiger partial charge in [-0.25, -0.2) is 0 Å². The lowest BCUT2D eigenvalue weighted by atomic mass is 10.2. The van der Waals surface area contributed by atoms with Gasteiger partial charge in [-0.05, 0) is 45.1 Å². The number of likely N-dealkylation sites (N-methyl/N-ethyl adjacent to an activating group) is 1. The van der Waals surface area contributed by atoms with E-state index < -0.39 is 0 Å². The lowest BCUT2D eigenvalue weighted by molar-refractivity contribution is -0.121. The van der Waals surface area contributed by atoms with E-state index >= 15 is 0 Å². The number of carbonyl (C=O) groups is 1. The van der Waals surface area contributed by atoms with Crippen molar-refractivity contribution in [2.75, 3.05) is 27.2 Å². The smallest absolute Gasteiger partial charge is 0.220 e. The summed E-state index contributed by atoms with van der Waals surface area (Å²) in [7, 11) is 4.02. The monoisotopic (exact) mass is 293 g/mol. The second kappa shape index (κ2) is 9.37. The molecule has 0 aromatic heterocycles. The van der Waals surface area contributed by atoms with Crippen LogP contribution in [0.15, 0.2) is 24.3 Å². The molecule has 1 aromatic carbocycles. The van der Waals surface area contributed by atoms with Gasteiger partial charge in [0, 0.05) is 25.6 Å². The van der Waals surface area contributed by atoms with Crippen LogP contribution in [0.2, 0.25) is 0 Å². The van der Waals surface area contributed by atoms with Gasteiger partial charge in [0.15, 0.2) is 0 Å². The van der Waals surface area contributed by atoms with E-state index in [1.165, 1.54) is 0 Å². The zero-order valence-corrected chi connectivity index (χ0v) is 13.3. The Morgan fingerprint density at radius 1 is 1.43 bits per heavy atom. The zero-order valence-electron chi connectivity index (χ0n) is 13.3. The third-order valence-electron chi connectivity index (χ3n) is 3.02. The van der Waals surface area contributed by atoms with E-state index in [1.54, 1.807) is 0 Å². The number of ether oxygens (including phenoxy) is 1. The average molecular weight is 293 g/mol. The van der Waals surface area contributed by atoms with Crippen molar-refractivity contribution < 1.29 is 9.53 Å². The zero-order chi connectivity index (χ0) is 15.7. The summed E-state index contributed by atoms with van der Waals surface area (Å²) in [6.07, 6.45) is 1.18. The van der Waals surface area contributed by atoms with Crippen LogP contribution in [-0.2, 0) is 11.3 Å². The molecule has 0 aliphatic rings. The van der Waals surface area contributed by atoms with Crippen molar-refractivity contribution in [3.8, 4) is 5.75 Å². The highest BCUT2D eigenvalue weighted by Gasteiger charge is 2.04. The molecule has 1 aromatic rings. The standard InChI is InChI=1S/C16H27N3O2/c1-13(17)7-8-16(20)18-12-14-5-4-6-15(11-14)21-10-9-19(2)3/h4-6,11,13H,7-10,12,17H2,1-3H3,(H,18,20). The van der Waals surface area contributed by atoms with Gasteiger partial charge in [0.05, 0.1) is 0 Å². The Morgan fingerprint density at radius 2 is 2.19 bits per heavy atom. The first kappa shape index (κ1) is 17.5. The highest BCUT2D eigenvalue weighted by molar-refractivity contribution is 5.75.